The first-order chi connectivity index (χ1) is 28.4. The molecule has 1 unspecified atom stereocenters. The Morgan fingerprint density at radius 1 is 0.883 bits per heavy atom. The van der Waals surface area contributed by atoms with E-state index in [1.807, 2.05) is 51.1 Å². The lowest BCUT2D eigenvalue weighted by Gasteiger charge is -2.71. The maximum Gasteiger partial charge on any atom is 0.313 e. The van der Waals surface area contributed by atoms with Crippen LogP contribution >= 0.6 is 11.3 Å². The smallest absolute Gasteiger partial charge is 0.313 e. The number of carbonyl (C=O) groups is 3. The second kappa shape index (κ2) is 12.8. The van der Waals surface area contributed by atoms with E-state index in [9.17, 15) is 15.0 Å². The molecule has 10 atom stereocenters. The number of benzene rings is 2. The minimum Gasteiger partial charge on any atom is -0.497 e. The molecule has 2 spiro atoms. The molecule has 60 heavy (non-hydrogen) atoms. The summed E-state index contributed by atoms with van der Waals surface area (Å²) < 4.78 is 18.6. The molecule has 4 saturated carbocycles. The molecular weight excluding hydrogens is 775 g/mol. The van der Waals surface area contributed by atoms with E-state index >= 15 is 9.59 Å². The third-order valence-electron chi connectivity index (χ3n) is 18.6. The Balaban J connectivity index is 1.08. The molecule has 1 saturated heterocycles. The molecule has 10 heteroatoms. The zero-order valence-corrected chi connectivity index (χ0v) is 36.9. The van der Waals surface area contributed by atoms with Crippen molar-refractivity contribution >= 4 is 39.1 Å². The number of hydrogen-bond donors (Lipinski definition) is 2. The minimum absolute atomic E-state index is 0.0290. The fraction of sp³-hybridized carbons (Fsp3) is 0.580. The second-order valence-corrected chi connectivity index (χ2v) is 21.9. The van der Waals surface area contributed by atoms with Crippen molar-refractivity contribution in [3.05, 3.63) is 82.8 Å². The number of esters is 1. The molecule has 3 aromatic rings. The summed E-state index contributed by atoms with van der Waals surface area (Å²) in [5.41, 5.74) is -4.69. The molecule has 318 valence electrons. The minimum atomic E-state index is -1.38. The molecule has 2 heterocycles. The van der Waals surface area contributed by atoms with Gasteiger partial charge in [-0.1, -0.05) is 64.1 Å². The van der Waals surface area contributed by atoms with E-state index in [2.05, 4.69) is 44.2 Å². The number of carbonyl (C=O) groups excluding carboxylic acids is 3. The van der Waals surface area contributed by atoms with Crippen molar-refractivity contribution in [2.45, 2.75) is 116 Å². The van der Waals surface area contributed by atoms with Crippen LogP contribution in [0, 0.1) is 44.3 Å². The van der Waals surface area contributed by atoms with E-state index in [1.54, 1.807) is 25.2 Å². The number of aliphatic hydroxyl groups excluding tert-OH is 1. The normalized spacial score (nSPS) is 40.4. The summed E-state index contributed by atoms with van der Waals surface area (Å²) in [7, 11) is 3.19. The maximum atomic E-state index is 15.5. The van der Waals surface area contributed by atoms with Crippen LogP contribution in [0.3, 0.4) is 0 Å². The van der Waals surface area contributed by atoms with Crippen LogP contribution in [0.1, 0.15) is 108 Å². The molecule has 0 radical (unpaired) electrons. The fourth-order valence-corrected chi connectivity index (χ4v) is 15.5. The van der Waals surface area contributed by atoms with Gasteiger partial charge in [0.15, 0.2) is 11.4 Å². The molecule has 1 aliphatic heterocycles. The van der Waals surface area contributed by atoms with E-state index in [0.29, 0.717) is 48.5 Å². The highest BCUT2D eigenvalue weighted by atomic mass is 32.1. The first kappa shape index (κ1) is 40.1. The Morgan fingerprint density at radius 3 is 2.32 bits per heavy atom. The number of methoxy groups -OCH3 is 2. The van der Waals surface area contributed by atoms with Gasteiger partial charge in [-0.15, -0.1) is 11.3 Å². The van der Waals surface area contributed by atoms with Crippen molar-refractivity contribution in [3.8, 4) is 11.5 Å². The van der Waals surface area contributed by atoms with Gasteiger partial charge in [0.25, 0.3) is 5.91 Å². The topological polar surface area (TPSA) is 123 Å². The number of fused-ring (bicyclic) bond motifs is 4. The van der Waals surface area contributed by atoms with E-state index in [-0.39, 0.29) is 48.0 Å². The SMILES string of the molecule is COc1ccc(CN(C[C@]2(O)CC[C@H]3[C@]45C=C[C@@]6(C=C4C(=O)c4cc7ccccc7s4)CC(O)CC[C@]6(C)[C@H]5CC[C@@]32C)C(=O)[C@@]23CC[C@@](C)(C(=O)O2)C3(C)C)c(OC)c1. The highest BCUT2D eigenvalue weighted by Crippen LogP contribution is 2.78. The van der Waals surface area contributed by atoms with Crippen molar-refractivity contribution in [2.24, 2.45) is 44.3 Å². The van der Waals surface area contributed by atoms with Crippen LogP contribution in [0.5, 0.6) is 11.5 Å². The predicted molar refractivity (Wildman–Crippen MR) is 230 cm³/mol. The molecule has 11 rings (SSSR count). The van der Waals surface area contributed by atoms with E-state index in [1.165, 1.54) is 11.3 Å². The van der Waals surface area contributed by atoms with E-state index in [0.717, 1.165) is 46.9 Å². The molecule has 9 nitrogen and oxygen atoms in total. The average Bonchev–Trinajstić information content (AvgIpc) is 3.88. The summed E-state index contributed by atoms with van der Waals surface area (Å²) >= 11 is 1.54. The Hall–Kier alpha value is -3.99. The molecule has 2 aromatic carbocycles. The number of ether oxygens (including phenoxy) is 3. The number of thiophene rings is 1. The molecular formula is C50H59NO8S. The zero-order chi connectivity index (χ0) is 42.5. The maximum absolute atomic E-state index is 15.5. The fourth-order valence-electron chi connectivity index (χ4n) is 14.5. The van der Waals surface area contributed by atoms with Gasteiger partial charge in [-0.25, -0.2) is 0 Å². The number of Topliss-reactive ketones (excluding diaryl/α,β-unsaturated/α-hetero) is 1. The van der Waals surface area contributed by atoms with Gasteiger partial charge in [-0.2, -0.15) is 0 Å². The highest BCUT2D eigenvalue weighted by Gasteiger charge is 2.78. The first-order valence-electron chi connectivity index (χ1n) is 22.0. The first-order valence-corrected chi connectivity index (χ1v) is 22.8. The average molecular weight is 834 g/mol. The third-order valence-corrected chi connectivity index (χ3v) is 19.7. The number of rotatable bonds is 9. The Morgan fingerprint density at radius 2 is 1.62 bits per heavy atom. The standard InChI is InChI=1S/C50H59NO8S/c1-43(2)46(5)20-23-50(43,59-42(46)55)41(54)51(28-31-12-13-33(57-6)25-35(31)58-7)29-48(56)19-16-39-45(48,4)18-15-38-44(3)17-14-32(52)26-47(44)21-22-49(38,39)34(27-47)40(53)37-24-30-10-8-9-11-36(30)60-37/h8-13,21-22,24-25,27,32,38-39,52,56H,14-20,23,26,28-29H2,1-7H3/t32?,38-,39-,44-,45+,46+,47+,48-,49-,50-/m1/s1. The van der Waals surface area contributed by atoms with Gasteiger partial charge in [0.05, 0.1) is 42.8 Å². The van der Waals surface area contributed by atoms with Crippen molar-refractivity contribution in [2.75, 3.05) is 20.8 Å². The lowest BCUT2D eigenvalue weighted by molar-refractivity contribution is -0.187. The molecule has 1 aromatic heterocycles. The van der Waals surface area contributed by atoms with Gasteiger partial charge in [-0.05, 0) is 112 Å². The van der Waals surface area contributed by atoms with Gasteiger partial charge in [0.2, 0.25) is 0 Å². The van der Waals surface area contributed by atoms with Gasteiger partial charge in [0, 0.05) is 50.1 Å². The van der Waals surface area contributed by atoms with E-state index in [4.69, 9.17) is 14.2 Å². The summed E-state index contributed by atoms with van der Waals surface area (Å²) in [5, 5.41) is 25.8. The van der Waals surface area contributed by atoms with Crippen LogP contribution in [0.4, 0.5) is 0 Å². The largest absolute Gasteiger partial charge is 0.497 e. The number of aliphatic hydroxyl groups is 2. The van der Waals surface area contributed by atoms with Crippen molar-refractivity contribution in [1.29, 1.82) is 0 Å². The second-order valence-electron chi connectivity index (χ2n) is 20.8. The van der Waals surface area contributed by atoms with Crippen molar-refractivity contribution in [1.82, 2.24) is 4.90 Å². The lowest BCUT2D eigenvalue weighted by Crippen LogP contribution is -2.67. The molecule has 2 N–H and O–H groups in total. The highest BCUT2D eigenvalue weighted by molar-refractivity contribution is 7.21. The van der Waals surface area contributed by atoms with Gasteiger partial charge >= 0.3 is 5.97 Å². The number of ketones is 1. The number of amides is 1. The summed E-state index contributed by atoms with van der Waals surface area (Å²) in [5.74, 6) is 0.627. The lowest BCUT2D eigenvalue weighted by atomic mass is 9.32. The van der Waals surface area contributed by atoms with Crippen LogP contribution in [0.2, 0.25) is 0 Å². The van der Waals surface area contributed by atoms with Crippen molar-refractivity contribution < 1.29 is 38.8 Å². The van der Waals surface area contributed by atoms with Gasteiger partial charge < -0.3 is 29.3 Å². The van der Waals surface area contributed by atoms with Crippen LogP contribution in [-0.4, -0.2) is 70.8 Å². The Bertz CT molecular complexity index is 2380. The van der Waals surface area contributed by atoms with Gasteiger partial charge in [0.1, 0.15) is 11.5 Å². The van der Waals surface area contributed by atoms with Crippen LogP contribution in [-0.2, 0) is 20.9 Å². The van der Waals surface area contributed by atoms with Crippen LogP contribution in [0.25, 0.3) is 10.1 Å². The van der Waals surface area contributed by atoms with Crippen LogP contribution in [0.15, 0.2) is 72.3 Å². The summed E-state index contributed by atoms with van der Waals surface area (Å²) in [6.45, 7) is 10.6. The molecule has 7 aliphatic carbocycles. The molecule has 4 bridgehead atoms. The zero-order valence-electron chi connectivity index (χ0n) is 36.1. The number of nitrogens with zero attached hydrogens (tertiary/aromatic N) is 1. The molecule has 1 amide bonds. The quantitative estimate of drug-likeness (QED) is 0.125. The van der Waals surface area contributed by atoms with E-state index < -0.39 is 44.4 Å². The number of allylic oxidation sites excluding steroid dienone is 4. The summed E-state index contributed by atoms with van der Waals surface area (Å²) in [6.07, 6.45) is 12.3. The van der Waals surface area contributed by atoms with Crippen molar-refractivity contribution in [3.63, 3.8) is 0 Å². The van der Waals surface area contributed by atoms with Crippen LogP contribution < -0.4 is 9.47 Å². The Labute approximate surface area is 357 Å². The Kier molecular flexibility index (Phi) is 8.55. The predicted octanol–water partition coefficient (Wildman–Crippen LogP) is 8.84. The molecule has 5 fully saturated rings. The summed E-state index contributed by atoms with van der Waals surface area (Å²) in [4.78, 5) is 46.8. The third kappa shape index (κ3) is 4.79. The number of hydrogen-bond acceptors (Lipinski definition) is 9. The van der Waals surface area contributed by atoms with Gasteiger partial charge in [-0.3, -0.25) is 14.4 Å². The molecule has 8 aliphatic rings. The monoisotopic (exact) mass is 833 g/mol. The summed E-state index contributed by atoms with van der Waals surface area (Å²) in [6, 6.07) is 15.7.